The molecule has 0 saturated heterocycles. The molecule has 0 saturated carbocycles. The van der Waals surface area contributed by atoms with Crippen LogP contribution in [0, 0.1) is 11.3 Å². The van der Waals surface area contributed by atoms with Gasteiger partial charge < -0.3 is 0 Å². The van der Waals surface area contributed by atoms with Crippen molar-refractivity contribution in [2.45, 2.75) is 6.42 Å². The monoisotopic (exact) mass is 244 g/mol. The van der Waals surface area contributed by atoms with Crippen LogP contribution in [0.3, 0.4) is 0 Å². The van der Waals surface area contributed by atoms with Gasteiger partial charge in [-0.25, -0.2) is 0 Å². The van der Waals surface area contributed by atoms with Crippen molar-refractivity contribution in [3.8, 4) is 17.3 Å². The molecule has 3 rings (SSSR count). The van der Waals surface area contributed by atoms with Crippen molar-refractivity contribution in [2.24, 2.45) is 0 Å². The predicted octanol–water partition coefficient (Wildman–Crippen LogP) is 3.97. The third kappa shape index (κ3) is 2.07. The molecule has 0 aliphatic rings. The van der Waals surface area contributed by atoms with Gasteiger partial charge >= 0.3 is 0 Å². The van der Waals surface area contributed by atoms with Crippen LogP contribution in [0.5, 0.6) is 0 Å². The first-order chi connectivity index (χ1) is 9.40. The van der Waals surface area contributed by atoms with Gasteiger partial charge in [0.15, 0.2) is 0 Å². The van der Waals surface area contributed by atoms with Crippen molar-refractivity contribution in [3.05, 3.63) is 66.4 Å². The highest BCUT2D eigenvalue weighted by Gasteiger charge is 2.07. The molecule has 0 aliphatic heterocycles. The summed E-state index contributed by atoms with van der Waals surface area (Å²) in [6.45, 7) is 0. The Balaban J connectivity index is 2.28. The van der Waals surface area contributed by atoms with Crippen LogP contribution in [-0.2, 0) is 6.42 Å². The van der Waals surface area contributed by atoms with E-state index >= 15 is 0 Å². The summed E-state index contributed by atoms with van der Waals surface area (Å²) in [6, 6.07) is 20.4. The van der Waals surface area contributed by atoms with E-state index in [4.69, 9.17) is 5.26 Å². The van der Waals surface area contributed by atoms with Gasteiger partial charge in [0, 0.05) is 17.1 Å². The first kappa shape index (κ1) is 11.4. The maximum atomic E-state index is 8.90. The first-order valence-electron chi connectivity index (χ1n) is 6.19. The summed E-state index contributed by atoms with van der Waals surface area (Å²) in [5, 5.41) is 11.1. The zero-order valence-corrected chi connectivity index (χ0v) is 10.4. The van der Waals surface area contributed by atoms with Gasteiger partial charge in [-0.2, -0.15) is 5.26 Å². The molecule has 0 spiro atoms. The molecule has 0 bridgehead atoms. The van der Waals surface area contributed by atoms with Crippen LogP contribution >= 0.6 is 0 Å². The van der Waals surface area contributed by atoms with Gasteiger partial charge in [0.1, 0.15) is 0 Å². The summed E-state index contributed by atoms with van der Waals surface area (Å²) in [5.74, 6) is 0. The predicted molar refractivity (Wildman–Crippen MR) is 76.5 cm³/mol. The lowest BCUT2D eigenvalue weighted by Gasteiger charge is -2.08. The van der Waals surface area contributed by atoms with E-state index in [0.29, 0.717) is 6.42 Å². The lowest BCUT2D eigenvalue weighted by Crippen LogP contribution is -1.89. The van der Waals surface area contributed by atoms with E-state index in [2.05, 4.69) is 29.3 Å². The van der Waals surface area contributed by atoms with E-state index in [0.717, 1.165) is 27.6 Å². The fraction of sp³-hybridized carbons (Fsp3) is 0.0588. The third-order valence-corrected chi connectivity index (χ3v) is 3.21. The summed E-state index contributed by atoms with van der Waals surface area (Å²) in [6.07, 6.45) is 2.24. The van der Waals surface area contributed by atoms with Gasteiger partial charge in [-0.3, -0.25) is 4.98 Å². The largest absolute Gasteiger partial charge is 0.256 e. The van der Waals surface area contributed by atoms with Crippen LogP contribution < -0.4 is 0 Å². The van der Waals surface area contributed by atoms with Crippen molar-refractivity contribution in [1.82, 2.24) is 4.98 Å². The van der Waals surface area contributed by atoms with Crippen molar-refractivity contribution < 1.29 is 0 Å². The molecule has 2 heteroatoms. The lowest BCUT2D eigenvalue weighted by molar-refractivity contribution is 1.28. The Bertz CT molecular complexity index is 755. The Labute approximate surface area is 112 Å². The minimum Gasteiger partial charge on any atom is -0.256 e. The minimum atomic E-state index is 0.426. The minimum absolute atomic E-state index is 0.426. The molecule has 2 nitrogen and oxygen atoms in total. The molecule has 1 aromatic heterocycles. The van der Waals surface area contributed by atoms with E-state index in [9.17, 15) is 0 Å². The van der Waals surface area contributed by atoms with Gasteiger partial charge in [0.2, 0.25) is 0 Å². The molecule has 1 heterocycles. The molecule has 0 amide bonds. The highest BCUT2D eigenvalue weighted by atomic mass is 14.7. The molecule has 0 atom stereocenters. The maximum absolute atomic E-state index is 8.90. The van der Waals surface area contributed by atoms with E-state index in [1.807, 2.05) is 42.6 Å². The molecular weight excluding hydrogens is 232 g/mol. The van der Waals surface area contributed by atoms with Crippen molar-refractivity contribution in [1.29, 1.82) is 5.26 Å². The van der Waals surface area contributed by atoms with Crippen LogP contribution in [0.2, 0.25) is 0 Å². The molecule has 0 aliphatic carbocycles. The molecule has 0 unspecified atom stereocenters. The number of hydrogen-bond donors (Lipinski definition) is 0. The number of nitrogens with zero attached hydrogens (tertiary/aromatic N) is 2. The topological polar surface area (TPSA) is 36.7 Å². The number of pyridine rings is 1. The fourth-order valence-corrected chi connectivity index (χ4v) is 2.34. The standard InChI is InChI=1S/C17H12N2/c18-11-9-13-7-4-8-16-15(13)10-12-19-17(16)14-5-2-1-3-6-14/h1-8,10,12H,9H2. The van der Waals surface area contributed by atoms with Crippen molar-refractivity contribution in [2.75, 3.05) is 0 Å². The lowest BCUT2D eigenvalue weighted by atomic mass is 9.99. The zero-order chi connectivity index (χ0) is 13.1. The van der Waals surface area contributed by atoms with Gasteiger partial charge in [-0.15, -0.1) is 0 Å². The van der Waals surface area contributed by atoms with Crippen LogP contribution in [0.4, 0.5) is 0 Å². The van der Waals surface area contributed by atoms with Gasteiger partial charge in [-0.05, 0) is 17.0 Å². The average molecular weight is 244 g/mol. The van der Waals surface area contributed by atoms with E-state index < -0.39 is 0 Å². The van der Waals surface area contributed by atoms with Gasteiger partial charge in [0.05, 0.1) is 18.2 Å². The van der Waals surface area contributed by atoms with E-state index in [1.54, 1.807) is 0 Å². The number of hydrogen-bond acceptors (Lipinski definition) is 2. The summed E-state index contributed by atoms with van der Waals surface area (Å²) < 4.78 is 0. The summed E-state index contributed by atoms with van der Waals surface area (Å²) in [7, 11) is 0. The molecule has 90 valence electrons. The molecule has 0 radical (unpaired) electrons. The smallest absolute Gasteiger partial charge is 0.0780 e. The Morgan fingerprint density at radius 2 is 1.74 bits per heavy atom. The molecule has 0 fully saturated rings. The molecule has 19 heavy (non-hydrogen) atoms. The summed E-state index contributed by atoms with van der Waals surface area (Å²) in [4.78, 5) is 4.50. The average Bonchev–Trinajstić information content (AvgIpc) is 2.48. The summed E-state index contributed by atoms with van der Waals surface area (Å²) in [5.41, 5.74) is 3.12. The van der Waals surface area contributed by atoms with Crippen molar-refractivity contribution in [3.63, 3.8) is 0 Å². The first-order valence-corrected chi connectivity index (χ1v) is 6.19. The van der Waals surface area contributed by atoms with Crippen LogP contribution in [0.25, 0.3) is 22.0 Å². The Morgan fingerprint density at radius 3 is 2.53 bits per heavy atom. The zero-order valence-electron chi connectivity index (χ0n) is 10.4. The molecule has 2 aromatic carbocycles. The normalized spacial score (nSPS) is 10.3. The second kappa shape index (κ2) is 4.91. The SMILES string of the molecule is N#CCc1cccc2c(-c3ccccc3)nccc12. The van der Waals surface area contributed by atoms with Gasteiger partial charge in [-0.1, -0.05) is 48.5 Å². The van der Waals surface area contributed by atoms with Crippen LogP contribution in [0.15, 0.2) is 60.8 Å². The quantitative estimate of drug-likeness (QED) is 0.684. The number of aromatic nitrogens is 1. The Hall–Kier alpha value is -2.66. The maximum Gasteiger partial charge on any atom is 0.0780 e. The van der Waals surface area contributed by atoms with Crippen LogP contribution in [-0.4, -0.2) is 4.98 Å². The number of rotatable bonds is 2. The Kier molecular flexibility index (Phi) is 2.96. The highest BCUT2D eigenvalue weighted by molar-refractivity contribution is 5.96. The third-order valence-electron chi connectivity index (χ3n) is 3.21. The molecule has 3 aromatic rings. The second-order valence-electron chi connectivity index (χ2n) is 4.37. The van der Waals surface area contributed by atoms with Crippen LogP contribution in [0.1, 0.15) is 5.56 Å². The second-order valence-corrected chi connectivity index (χ2v) is 4.37. The highest BCUT2D eigenvalue weighted by Crippen LogP contribution is 2.28. The summed E-state index contributed by atoms with van der Waals surface area (Å²) >= 11 is 0. The Morgan fingerprint density at radius 1 is 0.895 bits per heavy atom. The molecular formula is C17H12N2. The van der Waals surface area contributed by atoms with E-state index in [1.165, 1.54) is 0 Å². The number of fused-ring (bicyclic) bond motifs is 1. The fourth-order valence-electron chi connectivity index (χ4n) is 2.34. The van der Waals surface area contributed by atoms with Crippen molar-refractivity contribution >= 4 is 10.8 Å². The van der Waals surface area contributed by atoms with E-state index in [-0.39, 0.29) is 0 Å². The molecule has 0 N–H and O–H groups in total. The van der Waals surface area contributed by atoms with Gasteiger partial charge in [0.25, 0.3) is 0 Å². The number of nitriles is 1. The number of benzene rings is 2.